The average molecular weight is 405 g/mol. The minimum Gasteiger partial charge on any atom is -0.339 e. The zero-order valence-corrected chi connectivity index (χ0v) is 16.5. The van der Waals surface area contributed by atoms with Gasteiger partial charge in [-0.3, -0.25) is 19.7 Å². The van der Waals surface area contributed by atoms with E-state index in [-0.39, 0.29) is 23.4 Å². The zero-order valence-electron chi connectivity index (χ0n) is 16.5. The predicted octanol–water partition coefficient (Wildman–Crippen LogP) is 2.72. The lowest BCUT2D eigenvalue weighted by molar-refractivity contribution is -0.125. The smallest absolute Gasteiger partial charge is 0.259 e. The van der Waals surface area contributed by atoms with Crippen LogP contribution in [-0.2, 0) is 4.79 Å². The fraction of sp³-hybridized carbons (Fsp3) is 0.273. The number of benzene rings is 1. The molecule has 4 rings (SSSR count). The molecule has 2 aromatic heterocycles. The molecule has 2 N–H and O–H groups in total. The molecule has 30 heavy (non-hydrogen) atoms. The van der Waals surface area contributed by atoms with Crippen LogP contribution in [0.3, 0.4) is 0 Å². The van der Waals surface area contributed by atoms with E-state index in [1.54, 1.807) is 0 Å². The SMILES string of the molecule is C=CC(=O)N1CCC[C@@H](n2c(NC(=O)c3ccc(=O)[nH]c3)nc3ccccc32)CC1. The Morgan fingerprint density at radius 3 is 2.77 bits per heavy atom. The van der Waals surface area contributed by atoms with Crippen LogP contribution in [0.4, 0.5) is 5.95 Å². The molecule has 0 unspecified atom stereocenters. The maximum absolute atomic E-state index is 12.7. The number of para-hydroxylation sites is 2. The number of hydrogen-bond acceptors (Lipinski definition) is 4. The summed E-state index contributed by atoms with van der Waals surface area (Å²) in [6.45, 7) is 4.89. The highest BCUT2D eigenvalue weighted by Gasteiger charge is 2.25. The topological polar surface area (TPSA) is 100 Å². The Hall–Kier alpha value is -3.68. The van der Waals surface area contributed by atoms with Gasteiger partial charge in [-0.05, 0) is 43.5 Å². The van der Waals surface area contributed by atoms with Gasteiger partial charge in [0.15, 0.2) is 0 Å². The molecule has 2 amide bonds. The lowest BCUT2D eigenvalue weighted by Gasteiger charge is -2.21. The standard InChI is InChI=1S/C22H23N5O3/c1-2-20(29)26-12-5-6-16(11-13-26)27-18-8-4-3-7-17(18)24-22(27)25-21(30)15-9-10-19(28)23-14-15/h2-4,7-10,14,16H,1,5-6,11-13H2,(H,23,28)(H,24,25,30)/t16-/m1/s1. The van der Waals surface area contributed by atoms with Gasteiger partial charge in [-0.15, -0.1) is 0 Å². The highest BCUT2D eigenvalue weighted by molar-refractivity contribution is 6.03. The fourth-order valence-corrected chi connectivity index (χ4v) is 3.91. The Morgan fingerprint density at radius 1 is 1.17 bits per heavy atom. The summed E-state index contributed by atoms with van der Waals surface area (Å²) >= 11 is 0. The van der Waals surface area contributed by atoms with Crippen LogP contribution < -0.4 is 10.9 Å². The second kappa shape index (κ2) is 8.36. The van der Waals surface area contributed by atoms with Crippen LogP contribution in [0.1, 0.15) is 35.7 Å². The molecule has 1 atom stereocenters. The number of imidazole rings is 1. The molecule has 0 radical (unpaired) electrons. The summed E-state index contributed by atoms with van der Waals surface area (Å²) in [5, 5.41) is 2.89. The molecule has 8 nitrogen and oxygen atoms in total. The van der Waals surface area contributed by atoms with Crippen molar-refractivity contribution in [2.75, 3.05) is 18.4 Å². The molecule has 0 saturated carbocycles. The van der Waals surface area contributed by atoms with Crippen molar-refractivity contribution in [2.45, 2.75) is 25.3 Å². The average Bonchev–Trinajstić information content (AvgIpc) is 2.94. The zero-order chi connectivity index (χ0) is 21.1. The number of fused-ring (bicyclic) bond motifs is 1. The molecular weight excluding hydrogens is 382 g/mol. The number of rotatable bonds is 4. The number of H-pyrrole nitrogens is 1. The number of likely N-dealkylation sites (tertiary alicyclic amines) is 1. The third-order valence-electron chi connectivity index (χ3n) is 5.42. The second-order valence-corrected chi connectivity index (χ2v) is 7.30. The Bertz CT molecular complexity index is 1140. The highest BCUT2D eigenvalue weighted by Crippen LogP contribution is 2.31. The van der Waals surface area contributed by atoms with Crippen molar-refractivity contribution in [3.63, 3.8) is 0 Å². The van der Waals surface area contributed by atoms with Crippen LogP contribution in [0.2, 0.25) is 0 Å². The van der Waals surface area contributed by atoms with Crippen LogP contribution >= 0.6 is 0 Å². The summed E-state index contributed by atoms with van der Waals surface area (Å²) in [7, 11) is 0. The first-order valence-corrected chi connectivity index (χ1v) is 9.95. The minimum atomic E-state index is -0.347. The third-order valence-corrected chi connectivity index (χ3v) is 5.42. The van der Waals surface area contributed by atoms with Crippen molar-refractivity contribution in [1.29, 1.82) is 0 Å². The van der Waals surface area contributed by atoms with E-state index in [0.717, 1.165) is 30.3 Å². The van der Waals surface area contributed by atoms with E-state index in [0.29, 0.717) is 24.6 Å². The normalized spacial score (nSPS) is 16.8. The molecule has 0 spiro atoms. The van der Waals surface area contributed by atoms with Gasteiger partial charge in [-0.1, -0.05) is 18.7 Å². The van der Waals surface area contributed by atoms with Crippen molar-refractivity contribution >= 4 is 28.8 Å². The summed E-state index contributed by atoms with van der Waals surface area (Å²) < 4.78 is 2.06. The quantitative estimate of drug-likeness (QED) is 0.652. The van der Waals surface area contributed by atoms with Gasteiger partial charge in [-0.2, -0.15) is 0 Å². The van der Waals surface area contributed by atoms with Crippen molar-refractivity contribution in [3.05, 3.63) is 71.2 Å². The number of amides is 2. The van der Waals surface area contributed by atoms with Gasteiger partial charge in [0, 0.05) is 31.4 Å². The van der Waals surface area contributed by atoms with Gasteiger partial charge in [0.25, 0.3) is 5.91 Å². The lowest BCUT2D eigenvalue weighted by atomic mass is 10.1. The summed E-state index contributed by atoms with van der Waals surface area (Å²) in [6, 6.07) is 10.6. The monoisotopic (exact) mass is 405 g/mol. The van der Waals surface area contributed by atoms with E-state index in [4.69, 9.17) is 0 Å². The summed E-state index contributed by atoms with van der Waals surface area (Å²) in [5.41, 5.74) is 1.80. The lowest BCUT2D eigenvalue weighted by Crippen LogP contribution is -2.30. The van der Waals surface area contributed by atoms with E-state index < -0.39 is 0 Å². The fourth-order valence-electron chi connectivity index (χ4n) is 3.91. The van der Waals surface area contributed by atoms with E-state index >= 15 is 0 Å². The van der Waals surface area contributed by atoms with Gasteiger partial charge >= 0.3 is 0 Å². The number of carbonyl (C=O) groups excluding carboxylic acids is 2. The highest BCUT2D eigenvalue weighted by atomic mass is 16.2. The van der Waals surface area contributed by atoms with E-state index in [2.05, 4.69) is 26.4 Å². The van der Waals surface area contributed by atoms with Crippen LogP contribution in [0.25, 0.3) is 11.0 Å². The maximum Gasteiger partial charge on any atom is 0.259 e. The Morgan fingerprint density at radius 2 is 2.00 bits per heavy atom. The van der Waals surface area contributed by atoms with Gasteiger partial charge in [0.1, 0.15) is 0 Å². The van der Waals surface area contributed by atoms with Crippen molar-refractivity contribution in [2.24, 2.45) is 0 Å². The number of nitrogens with one attached hydrogen (secondary N) is 2. The molecule has 0 aliphatic carbocycles. The summed E-state index contributed by atoms with van der Waals surface area (Å²) in [5.74, 6) is 0.0542. The molecule has 0 bridgehead atoms. The van der Waals surface area contributed by atoms with E-state index in [9.17, 15) is 14.4 Å². The van der Waals surface area contributed by atoms with Crippen molar-refractivity contribution in [1.82, 2.24) is 19.4 Å². The van der Waals surface area contributed by atoms with Gasteiger partial charge in [0.05, 0.1) is 16.6 Å². The molecule has 1 saturated heterocycles. The first-order chi connectivity index (χ1) is 14.6. The largest absolute Gasteiger partial charge is 0.339 e. The number of carbonyl (C=O) groups is 2. The van der Waals surface area contributed by atoms with Gasteiger partial charge in [-0.25, -0.2) is 4.98 Å². The number of pyridine rings is 1. The first-order valence-electron chi connectivity index (χ1n) is 9.95. The second-order valence-electron chi connectivity index (χ2n) is 7.30. The molecule has 1 aliphatic rings. The first kappa shape index (κ1) is 19.6. The Balaban J connectivity index is 1.66. The predicted molar refractivity (Wildman–Crippen MR) is 114 cm³/mol. The molecule has 1 fully saturated rings. The minimum absolute atomic E-state index is 0.0577. The summed E-state index contributed by atoms with van der Waals surface area (Å²) in [4.78, 5) is 45.0. The Labute approximate surface area is 173 Å². The molecule has 154 valence electrons. The molecule has 3 aromatic rings. The van der Waals surface area contributed by atoms with Crippen molar-refractivity contribution < 1.29 is 9.59 Å². The van der Waals surface area contributed by atoms with E-state index in [1.807, 2.05) is 29.2 Å². The van der Waals surface area contributed by atoms with Crippen LogP contribution in [-0.4, -0.2) is 44.3 Å². The summed E-state index contributed by atoms with van der Waals surface area (Å²) in [6.07, 6.45) is 5.20. The van der Waals surface area contributed by atoms with Crippen LogP contribution in [0.15, 0.2) is 60.0 Å². The van der Waals surface area contributed by atoms with Crippen LogP contribution in [0, 0.1) is 0 Å². The Kier molecular flexibility index (Phi) is 5.47. The third kappa shape index (κ3) is 3.89. The van der Waals surface area contributed by atoms with Gasteiger partial charge < -0.3 is 14.5 Å². The maximum atomic E-state index is 12.7. The molecular formula is C22H23N5O3. The van der Waals surface area contributed by atoms with Gasteiger partial charge in [0.2, 0.25) is 17.4 Å². The number of hydrogen-bond donors (Lipinski definition) is 2. The number of nitrogens with zero attached hydrogens (tertiary/aromatic N) is 3. The number of aromatic amines is 1. The molecule has 3 heterocycles. The van der Waals surface area contributed by atoms with Crippen LogP contribution in [0.5, 0.6) is 0 Å². The van der Waals surface area contributed by atoms with Crippen molar-refractivity contribution in [3.8, 4) is 0 Å². The number of anilines is 1. The molecule has 1 aliphatic heterocycles. The van der Waals surface area contributed by atoms with E-state index in [1.165, 1.54) is 24.4 Å². The molecule has 8 heteroatoms. The number of aromatic nitrogens is 3. The molecule has 1 aromatic carbocycles.